The summed E-state index contributed by atoms with van der Waals surface area (Å²) in [7, 11) is 0. The van der Waals surface area contributed by atoms with Crippen LogP contribution in [0.2, 0.25) is 0 Å². The summed E-state index contributed by atoms with van der Waals surface area (Å²) in [5, 5.41) is 4.20. The first-order chi connectivity index (χ1) is 8.31. The molecule has 0 saturated carbocycles. The lowest BCUT2D eigenvalue weighted by Gasteiger charge is -2.10. The van der Waals surface area contributed by atoms with Gasteiger partial charge in [0.1, 0.15) is 12.4 Å². The molecule has 0 atom stereocenters. The summed E-state index contributed by atoms with van der Waals surface area (Å²) < 4.78 is 7.64. The first-order valence-corrected chi connectivity index (χ1v) is 5.70. The predicted molar refractivity (Wildman–Crippen MR) is 66.8 cm³/mol. The molecule has 0 fully saturated rings. The summed E-state index contributed by atoms with van der Waals surface area (Å²) in [5.74, 6) is 0.861. The van der Waals surface area contributed by atoms with Gasteiger partial charge in [-0.15, -0.1) is 0 Å². The van der Waals surface area contributed by atoms with Crippen molar-refractivity contribution in [1.82, 2.24) is 9.78 Å². The van der Waals surface area contributed by atoms with E-state index in [0.717, 1.165) is 23.6 Å². The molecular weight excluding hydrogens is 214 g/mol. The van der Waals surface area contributed by atoms with E-state index >= 15 is 0 Å². The van der Waals surface area contributed by atoms with Crippen molar-refractivity contribution in [3.8, 4) is 5.75 Å². The van der Waals surface area contributed by atoms with Crippen molar-refractivity contribution in [2.24, 2.45) is 5.73 Å². The Balaban J connectivity index is 1.92. The fraction of sp³-hybridized carbons (Fsp3) is 0.308. The molecule has 0 aliphatic heterocycles. The average molecular weight is 231 g/mol. The number of aryl methyl sites for hydroxylation is 1. The van der Waals surface area contributed by atoms with Crippen molar-refractivity contribution in [3.63, 3.8) is 0 Å². The molecule has 1 aromatic carbocycles. The van der Waals surface area contributed by atoms with Crippen LogP contribution in [0.25, 0.3) is 0 Å². The molecule has 17 heavy (non-hydrogen) atoms. The average Bonchev–Trinajstić information content (AvgIpc) is 2.76. The van der Waals surface area contributed by atoms with E-state index in [0.29, 0.717) is 13.2 Å². The molecular formula is C13H17N3O. The maximum atomic E-state index is 5.72. The van der Waals surface area contributed by atoms with Crippen LogP contribution >= 0.6 is 0 Å². The summed E-state index contributed by atoms with van der Waals surface area (Å²) in [4.78, 5) is 0. The van der Waals surface area contributed by atoms with Gasteiger partial charge in [0.05, 0.1) is 6.54 Å². The van der Waals surface area contributed by atoms with Gasteiger partial charge in [0.25, 0.3) is 0 Å². The largest absolute Gasteiger partial charge is 0.491 e. The summed E-state index contributed by atoms with van der Waals surface area (Å²) in [6.45, 7) is 3.87. The Bertz CT molecular complexity index is 479. The molecule has 0 aliphatic carbocycles. The minimum Gasteiger partial charge on any atom is -0.491 e. The number of ether oxygens (including phenoxy) is 1. The Morgan fingerprint density at radius 1 is 1.29 bits per heavy atom. The number of nitrogens with two attached hydrogens (primary N) is 1. The molecule has 4 nitrogen and oxygen atoms in total. The van der Waals surface area contributed by atoms with Crippen molar-refractivity contribution < 1.29 is 4.74 Å². The molecule has 0 saturated heterocycles. The van der Waals surface area contributed by atoms with Crippen LogP contribution in [0.3, 0.4) is 0 Å². The molecule has 0 amide bonds. The Hall–Kier alpha value is -1.81. The van der Waals surface area contributed by atoms with E-state index in [-0.39, 0.29) is 0 Å². The second-order valence-electron chi connectivity index (χ2n) is 3.86. The molecule has 0 unspecified atom stereocenters. The van der Waals surface area contributed by atoms with Gasteiger partial charge in [-0.05, 0) is 19.1 Å². The Morgan fingerprint density at radius 2 is 2.12 bits per heavy atom. The maximum Gasteiger partial charge on any atom is 0.123 e. The van der Waals surface area contributed by atoms with Gasteiger partial charge in [0.2, 0.25) is 0 Å². The highest BCUT2D eigenvalue weighted by molar-refractivity contribution is 5.32. The third-order valence-electron chi connectivity index (χ3n) is 2.68. The van der Waals surface area contributed by atoms with Gasteiger partial charge in [-0.3, -0.25) is 4.68 Å². The molecule has 90 valence electrons. The van der Waals surface area contributed by atoms with E-state index in [2.05, 4.69) is 5.10 Å². The van der Waals surface area contributed by atoms with Gasteiger partial charge in [-0.1, -0.05) is 18.2 Å². The van der Waals surface area contributed by atoms with Crippen LogP contribution in [0.15, 0.2) is 36.5 Å². The second kappa shape index (κ2) is 5.50. The lowest BCUT2D eigenvalue weighted by Crippen LogP contribution is -2.11. The van der Waals surface area contributed by atoms with Crippen LogP contribution in [0.1, 0.15) is 11.3 Å². The normalized spacial score (nSPS) is 10.5. The van der Waals surface area contributed by atoms with Gasteiger partial charge in [0.15, 0.2) is 0 Å². The molecule has 2 aromatic rings. The van der Waals surface area contributed by atoms with Crippen LogP contribution in [0.4, 0.5) is 0 Å². The number of nitrogens with zero attached hydrogens (tertiary/aromatic N) is 2. The highest BCUT2D eigenvalue weighted by Crippen LogP contribution is 2.16. The van der Waals surface area contributed by atoms with Crippen molar-refractivity contribution in [2.45, 2.75) is 20.0 Å². The molecule has 1 aromatic heterocycles. The van der Waals surface area contributed by atoms with E-state index in [1.165, 1.54) is 0 Å². The van der Waals surface area contributed by atoms with E-state index in [1.54, 1.807) is 6.20 Å². The first-order valence-electron chi connectivity index (χ1n) is 5.70. The van der Waals surface area contributed by atoms with Crippen LogP contribution in [-0.2, 0) is 13.1 Å². The summed E-state index contributed by atoms with van der Waals surface area (Å²) in [6, 6.07) is 9.82. The number of benzene rings is 1. The number of hydrogen-bond donors (Lipinski definition) is 1. The van der Waals surface area contributed by atoms with Gasteiger partial charge in [0, 0.05) is 24.0 Å². The van der Waals surface area contributed by atoms with E-state index < -0.39 is 0 Å². The SMILES string of the molecule is Cc1ccnn1CCOc1ccccc1CN. The molecule has 0 aliphatic rings. The Labute approximate surface area is 101 Å². The van der Waals surface area contributed by atoms with Crippen molar-refractivity contribution >= 4 is 0 Å². The topological polar surface area (TPSA) is 53.1 Å². The summed E-state index contributed by atoms with van der Waals surface area (Å²) >= 11 is 0. The monoisotopic (exact) mass is 231 g/mol. The minimum atomic E-state index is 0.497. The van der Waals surface area contributed by atoms with Gasteiger partial charge >= 0.3 is 0 Å². The summed E-state index contributed by atoms with van der Waals surface area (Å²) in [5.41, 5.74) is 7.82. The zero-order valence-corrected chi connectivity index (χ0v) is 9.97. The fourth-order valence-corrected chi connectivity index (χ4v) is 1.69. The molecule has 1 heterocycles. The Morgan fingerprint density at radius 3 is 2.82 bits per heavy atom. The highest BCUT2D eigenvalue weighted by Gasteiger charge is 2.01. The number of aromatic nitrogens is 2. The lowest BCUT2D eigenvalue weighted by molar-refractivity contribution is 0.287. The van der Waals surface area contributed by atoms with Crippen LogP contribution in [0.5, 0.6) is 5.75 Å². The number of hydrogen-bond acceptors (Lipinski definition) is 3. The smallest absolute Gasteiger partial charge is 0.123 e. The second-order valence-corrected chi connectivity index (χ2v) is 3.86. The summed E-state index contributed by atoms with van der Waals surface area (Å²) in [6.07, 6.45) is 1.79. The molecule has 0 bridgehead atoms. The molecule has 0 spiro atoms. The van der Waals surface area contributed by atoms with Gasteiger partial charge in [-0.2, -0.15) is 5.10 Å². The van der Waals surface area contributed by atoms with Crippen molar-refractivity contribution in [3.05, 3.63) is 47.8 Å². The van der Waals surface area contributed by atoms with Crippen LogP contribution < -0.4 is 10.5 Å². The third-order valence-corrected chi connectivity index (χ3v) is 2.68. The first kappa shape index (κ1) is 11.7. The quantitative estimate of drug-likeness (QED) is 0.852. The number of rotatable bonds is 5. The molecule has 4 heteroatoms. The predicted octanol–water partition coefficient (Wildman–Crippen LogP) is 1.73. The van der Waals surface area contributed by atoms with E-state index in [4.69, 9.17) is 10.5 Å². The lowest BCUT2D eigenvalue weighted by atomic mass is 10.2. The zero-order valence-electron chi connectivity index (χ0n) is 9.97. The van der Waals surface area contributed by atoms with Crippen molar-refractivity contribution in [2.75, 3.05) is 6.61 Å². The fourth-order valence-electron chi connectivity index (χ4n) is 1.69. The standard InChI is InChI=1S/C13H17N3O/c1-11-6-7-15-16(11)8-9-17-13-5-3-2-4-12(13)10-14/h2-7H,8-10,14H2,1H3. The third kappa shape index (κ3) is 2.85. The van der Waals surface area contributed by atoms with Crippen LogP contribution in [0, 0.1) is 6.92 Å². The molecule has 0 radical (unpaired) electrons. The maximum absolute atomic E-state index is 5.72. The van der Waals surface area contributed by atoms with Gasteiger partial charge in [-0.25, -0.2) is 0 Å². The molecule has 2 N–H and O–H groups in total. The van der Waals surface area contributed by atoms with Crippen LogP contribution in [-0.4, -0.2) is 16.4 Å². The minimum absolute atomic E-state index is 0.497. The van der Waals surface area contributed by atoms with Crippen molar-refractivity contribution in [1.29, 1.82) is 0 Å². The van der Waals surface area contributed by atoms with E-state index in [9.17, 15) is 0 Å². The Kier molecular flexibility index (Phi) is 3.77. The van der Waals surface area contributed by atoms with Gasteiger partial charge < -0.3 is 10.5 Å². The van der Waals surface area contributed by atoms with E-state index in [1.807, 2.05) is 41.9 Å². The molecule has 2 rings (SSSR count). The zero-order chi connectivity index (χ0) is 12.1. The highest BCUT2D eigenvalue weighted by atomic mass is 16.5. The number of para-hydroxylation sites is 1.